The molecule has 0 spiro atoms. The first kappa shape index (κ1) is 17.1. The number of carbonyl (C=O) groups is 2. The van der Waals surface area contributed by atoms with E-state index in [1.165, 1.54) is 0 Å². The van der Waals surface area contributed by atoms with Crippen LogP contribution in [0.4, 0.5) is 5.69 Å². The summed E-state index contributed by atoms with van der Waals surface area (Å²) in [6, 6.07) is 7.82. The van der Waals surface area contributed by atoms with E-state index >= 15 is 0 Å². The van der Waals surface area contributed by atoms with Gasteiger partial charge in [-0.05, 0) is 44.9 Å². The van der Waals surface area contributed by atoms with Crippen molar-refractivity contribution in [1.29, 1.82) is 0 Å². The lowest BCUT2D eigenvalue weighted by Crippen LogP contribution is -2.53. The predicted molar refractivity (Wildman–Crippen MR) is 95.2 cm³/mol. The summed E-state index contributed by atoms with van der Waals surface area (Å²) in [7, 11) is 0. The number of hydrogen-bond acceptors (Lipinski definition) is 3. The van der Waals surface area contributed by atoms with Crippen LogP contribution in [-0.2, 0) is 9.59 Å². The molecule has 1 saturated heterocycles. The van der Waals surface area contributed by atoms with Crippen molar-refractivity contribution in [3.05, 3.63) is 29.3 Å². The Morgan fingerprint density at radius 1 is 1.17 bits per heavy atom. The zero-order valence-electron chi connectivity index (χ0n) is 14.2. The third kappa shape index (κ3) is 3.36. The second-order valence-electron chi connectivity index (χ2n) is 6.97. The highest BCUT2D eigenvalue weighted by atomic mass is 35.5. The molecule has 0 atom stereocenters. The molecular weight excluding hydrogens is 326 g/mol. The number of benzene rings is 1. The van der Waals surface area contributed by atoms with Gasteiger partial charge >= 0.3 is 0 Å². The lowest BCUT2D eigenvalue weighted by Gasteiger charge is -2.37. The third-order valence-electron chi connectivity index (χ3n) is 4.75. The number of amides is 2. The average Bonchev–Trinajstić information content (AvgIpc) is 3.35. The van der Waals surface area contributed by atoms with Gasteiger partial charge < -0.3 is 15.1 Å². The Labute approximate surface area is 147 Å². The van der Waals surface area contributed by atoms with Gasteiger partial charge in [0, 0.05) is 42.9 Å². The first-order chi connectivity index (χ1) is 11.4. The van der Waals surface area contributed by atoms with E-state index in [1.807, 2.05) is 43.0 Å². The van der Waals surface area contributed by atoms with Crippen LogP contribution in [0, 0.1) is 5.41 Å². The highest BCUT2D eigenvalue weighted by Crippen LogP contribution is 2.47. The van der Waals surface area contributed by atoms with Crippen molar-refractivity contribution in [3.8, 4) is 0 Å². The van der Waals surface area contributed by atoms with Crippen molar-refractivity contribution in [2.45, 2.75) is 32.7 Å². The highest BCUT2D eigenvalue weighted by Gasteiger charge is 2.58. The van der Waals surface area contributed by atoms with Gasteiger partial charge in [0.1, 0.15) is 5.41 Å². The number of anilines is 1. The summed E-state index contributed by atoms with van der Waals surface area (Å²) >= 11 is 6.05. The summed E-state index contributed by atoms with van der Waals surface area (Å²) in [5.41, 5.74) is 0.274. The van der Waals surface area contributed by atoms with E-state index < -0.39 is 5.41 Å². The van der Waals surface area contributed by atoms with Crippen LogP contribution in [-0.4, -0.2) is 48.9 Å². The molecule has 0 radical (unpaired) electrons. The molecule has 3 rings (SSSR count). The summed E-state index contributed by atoms with van der Waals surface area (Å²) in [6.45, 7) is 6.64. The predicted octanol–water partition coefficient (Wildman–Crippen LogP) is 2.29. The van der Waals surface area contributed by atoms with Crippen LogP contribution in [0.1, 0.15) is 26.7 Å². The molecule has 1 heterocycles. The number of carbonyl (C=O) groups excluding carboxylic acids is 2. The number of nitrogens with zero attached hydrogens (tertiary/aromatic N) is 2. The summed E-state index contributed by atoms with van der Waals surface area (Å²) in [5, 5.41) is 3.61. The Bertz CT molecular complexity index is 635. The van der Waals surface area contributed by atoms with Gasteiger partial charge in [-0.15, -0.1) is 0 Å². The minimum absolute atomic E-state index is 0.00797. The molecule has 0 bridgehead atoms. The first-order valence-electron chi connectivity index (χ1n) is 8.53. The van der Waals surface area contributed by atoms with Crippen molar-refractivity contribution in [3.63, 3.8) is 0 Å². The smallest absolute Gasteiger partial charge is 0.238 e. The summed E-state index contributed by atoms with van der Waals surface area (Å²) in [4.78, 5) is 29.3. The van der Waals surface area contributed by atoms with E-state index in [0.717, 1.165) is 18.8 Å². The molecule has 5 nitrogen and oxygen atoms in total. The quantitative estimate of drug-likeness (QED) is 0.848. The van der Waals surface area contributed by atoms with E-state index in [-0.39, 0.29) is 17.9 Å². The van der Waals surface area contributed by atoms with Gasteiger partial charge in [-0.1, -0.05) is 17.7 Å². The molecular formula is C18H24ClN3O2. The molecule has 1 aromatic rings. The monoisotopic (exact) mass is 349 g/mol. The van der Waals surface area contributed by atoms with Crippen molar-refractivity contribution in [1.82, 2.24) is 10.2 Å². The van der Waals surface area contributed by atoms with E-state index in [2.05, 4.69) is 10.2 Å². The van der Waals surface area contributed by atoms with E-state index in [1.54, 1.807) is 0 Å². The largest absolute Gasteiger partial charge is 0.368 e. The van der Waals surface area contributed by atoms with Gasteiger partial charge in [0.15, 0.2) is 0 Å². The van der Waals surface area contributed by atoms with Gasteiger partial charge in [0.2, 0.25) is 11.8 Å². The maximum Gasteiger partial charge on any atom is 0.238 e. The molecule has 0 aromatic heterocycles. The maximum absolute atomic E-state index is 12.8. The normalized spacial score (nSPS) is 19.3. The maximum atomic E-state index is 12.8. The Morgan fingerprint density at radius 2 is 1.83 bits per heavy atom. The van der Waals surface area contributed by atoms with Gasteiger partial charge in [-0.2, -0.15) is 0 Å². The van der Waals surface area contributed by atoms with Crippen LogP contribution >= 0.6 is 11.6 Å². The fraction of sp³-hybridized carbons (Fsp3) is 0.556. The van der Waals surface area contributed by atoms with Crippen molar-refractivity contribution in [2.24, 2.45) is 5.41 Å². The molecule has 2 fully saturated rings. The minimum atomic E-state index is -0.803. The van der Waals surface area contributed by atoms with E-state index in [4.69, 9.17) is 11.6 Å². The first-order valence-corrected chi connectivity index (χ1v) is 8.91. The number of hydrogen-bond donors (Lipinski definition) is 1. The van der Waals surface area contributed by atoms with Gasteiger partial charge in [0.05, 0.1) is 0 Å². The molecule has 1 aliphatic carbocycles. The fourth-order valence-corrected chi connectivity index (χ4v) is 3.39. The van der Waals surface area contributed by atoms with Crippen LogP contribution in [0.3, 0.4) is 0 Å². The second kappa shape index (κ2) is 6.63. The molecule has 2 aliphatic rings. The van der Waals surface area contributed by atoms with Crippen LogP contribution < -0.4 is 10.2 Å². The summed E-state index contributed by atoms with van der Waals surface area (Å²) < 4.78 is 0. The van der Waals surface area contributed by atoms with Crippen LogP contribution in [0.2, 0.25) is 5.02 Å². The van der Waals surface area contributed by atoms with Crippen LogP contribution in [0.25, 0.3) is 0 Å². The number of halogens is 1. The van der Waals surface area contributed by atoms with Crippen LogP contribution in [0.15, 0.2) is 24.3 Å². The Morgan fingerprint density at radius 3 is 2.38 bits per heavy atom. The van der Waals surface area contributed by atoms with E-state index in [9.17, 15) is 9.59 Å². The molecule has 0 unspecified atom stereocenters. The molecule has 6 heteroatoms. The topological polar surface area (TPSA) is 52.7 Å². The Hall–Kier alpha value is -1.75. The third-order valence-corrected chi connectivity index (χ3v) is 4.99. The molecule has 24 heavy (non-hydrogen) atoms. The molecule has 1 aromatic carbocycles. The molecule has 1 aliphatic heterocycles. The number of rotatable bonds is 4. The zero-order chi connectivity index (χ0) is 17.3. The van der Waals surface area contributed by atoms with Crippen LogP contribution in [0.5, 0.6) is 0 Å². The molecule has 1 N–H and O–H groups in total. The summed E-state index contributed by atoms with van der Waals surface area (Å²) in [6.07, 6.45) is 1.33. The average molecular weight is 350 g/mol. The second-order valence-corrected chi connectivity index (χ2v) is 7.41. The number of piperazine rings is 1. The van der Waals surface area contributed by atoms with Crippen molar-refractivity contribution >= 4 is 29.1 Å². The highest BCUT2D eigenvalue weighted by molar-refractivity contribution is 6.30. The molecule has 1 saturated carbocycles. The fourth-order valence-electron chi connectivity index (χ4n) is 3.21. The van der Waals surface area contributed by atoms with Gasteiger partial charge in [-0.25, -0.2) is 0 Å². The van der Waals surface area contributed by atoms with Gasteiger partial charge in [-0.3, -0.25) is 9.59 Å². The lowest BCUT2D eigenvalue weighted by molar-refractivity contribution is -0.144. The van der Waals surface area contributed by atoms with Crippen molar-refractivity contribution < 1.29 is 9.59 Å². The SMILES string of the molecule is CC(C)NC(=O)C1(C(=O)N2CCN(c3cccc(Cl)c3)CC2)CC1. The lowest BCUT2D eigenvalue weighted by atomic mass is 10.0. The van der Waals surface area contributed by atoms with E-state index in [0.29, 0.717) is 31.0 Å². The molecule has 130 valence electrons. The van der Waals surface area contributed by atoms with Crippen molar-refractivity contribution in [2.75, 3.05) is 31.1 Å². The Kier molecular flexibility index (Phi) is 4.72. The van der Waals surface area contributed by atoms with Gasteiger partial charge in [0.25, 0.3) is 0 Å². The minimum Gasteiger partial charge on any atom is -0.368 e. The summed E-state index contributed by atoms with van der Waals surface area (Å²) in [5.74, 6) is -0.119. The zero-order valence-corrected chi connectivity index (χ0v) is 15.0. The molecule has 2 amide bonds. The Balaban J connectivity index is 1.60. The standard InChI is InChI=1S/C18H24ClN3O2/c1-13(2)20-16(23)18(6-7-18)17(24)22-10-8-21(9-11-22)15-5-3-4-14(19)12-15/h3-5,12-13H,6-11H2,1-2H3,(H,20,23). The number of nitrogens with one attached hydrogen (secondary N) is 1.